The first kappa shape index (κ1) is 13.9. The maximum Gasteiger partial charge on any atom is 0.0346 e. The molecule has 98 valence electrons. The first-order valence-corrected chi connectivity index (χ1v) is 7.86. The first-order valence-electron chi connectivity index (χ1n) is 6.44. The third kappa shape index (κ3) is 3.05. The lowest BCUT2D eigenvalue weighted by molar-refractivity contribution is 0.332. The molecule has 1 atom stereocenters. The largest absolute Gasteiger partial charge is 0.307 e. The van der Waals surface area contributed by atoms with Crippen molar-refractivity contribution in [1.29, 1.82) is 0 Å². The van der Waals surface area contributed by atoms with Crippen molar-refractivity contribution >= 4 is 33.0 Å². The Balaban J connectivity index is 2.10. The van der Waals surface area contributed by atoms with Gasteiger partial charge in [-0.2, -0.15) is 0 Å². The van der Waals surface area contributed by atoms with Gasteiger partial charge in [-0.3, -0.25) is 0 Å². The zero-order valence-corrected chi connectivity index (χ0v) is 12.6. The van der Waals surface area contributed by atoms with Gasteiger partial charge in [0.2, 0.25) is 0 Å². The smallest absolute Gasteiger partial charge is 0.0346 e. The molecule has 1 N–H and O–H groups in total. The quantitative estimate of drug-likeness (QED) is 0.751. The summed E-state index contributed by atoms with van der Waals surface area (Å²) >= 11 is 7.70. The Hall–Kier alpha value is -0.570. The first-order chi connectivity index (χ1) is 8.68. The molecule has 0 saturated heterocycles. The van der Waals surface area contributed by atoms with Crippen LogP contribution >= 0.6 is 22.9 Å². The van der Waals surface area contributed by atoms with Gasteiger partial charge >= 0.3 is 0 Å². The van der Waals surface area contributed by atoms with E-state index in [0.717, 1.165) is 19.4 Å². The van der Waals surface area contributed by atoms with Crippen molar-refractivity contribution in [3.05, 3.63) is 35.2 Å². The maximum absolute atomic E-state index is 5.88. The average molecular weight is 282 g/mol. The molecule has 2 aromatic rings. The van der Waals surface area contributed by atoms with Crippen molar-refractivity contribution in [3.63, 3.8) is 0 Å². The molecule has 0 radical (unpaired) electrons. The fourth-order valence-electron chi connectivity index (χ4n) is 2.08. The van der Waals surface area contributed by atoms with Crippen molar-refractivity contribution in [2.75, 3.05) is 5.88 Å². The molecule has 18 heavy (non-hydrogen) atoms. The molecule has 1 unspecified atom stereocenters. The minimum absolute atomic E-state index is 0.144. The van der Waals surface area contributed by atoms with Crippen LogP contribution in [0.3, 0.4) is 0 Å². The van der Waals surface area contributed by atoms with Crippen molar-refractivity contribution in [1.82, 2.24) is 5.32 Å². The highest BCUT2D eigenvalue weighted by molar-refractivity contribution is 7.17. The lowest BCUT2D eigenvalue weighted by Gasteiger charge is -2.29. The summed E-state index contributed by atoms with van der Waals surface area (Å²) in [6.45, 7) is 5.39. The SMILES string of the molecule is CCC(C)(CCCl)NCc1csc2ccccc12. The number of rotatable bonds is 6. The van der Waals surface area contributed by atoms with Gasteiger partial charge in [-0.05, 0) is 42.2 Å². The van der Waals surface area contributed by atoms with Crippen molar-refractivity contribution in [2.24, 2.45) is 0 Å². The molecule has 0 amide bonds. The Labute approximate surface area is 118 Å². The standard InChI is InChI=1S/C15H20ClNS/c1-3-15(2,8-9-16)17-10-12-11-18-14-7-5-4-6-13(12)14/h4-7,11,17H,3,8-10H2,1-2H3. The summed E-state index contributed by atoms with van der Waals surface area (Å²) < 4.78 is 1.37. The van der Waals surface area contributed by atoms with Gasteiger partial charge in [0, 0.05) is 22.7 Å². The number of fused-ring (bicyclic) bond motifs is 1. The zero-order chi connectivity index (χ0) is 13.0. The van der Waals surface area contributed by atoms with Gasteiger partial charge in [0.1, 0.15) is 0 Å². The van der Waals surface area contributed by atoms with Crippen LogP contribution in [0.5, 0.6) is 0 Å². The van der Waals surface area contributed by atoms with Crippen molar-refractivity contribution < 1.29 is 0 Å². The highest BCUT2D eigenvalue weighted by Gasteiger charge is 2.20. The molecule has 1 heterocycles. The van der Waals surface area contributed by atoms with Crippen LogP contribution in [0.1, 0.15) is 32.3 Å². The molecule has 0 aliphatic rings. The van der Waals surface area contributed by atoms with Crippen molar-refractivity contribution in [2.45, 2.75) is 38.8 Å². The number of hydrogen-bond acceptors (Lipinski definition) is 2. The van der Waals surface area contributed by atoms with E-state index >= 15 is 0 Å². The van der Waals surface area contributed by atoms with Crippen LogP contribution in [0, 0.1) is 0 Å². The monoisotopic (exact) mass is 281 g/mol. The minimum atomic E-state index is 0.144. The van der Waals surface area contributed by atoms with E-state index in [1.165, 1.54) is 15.6 Å². The van der Waals surface area contributed by atoms with Crippen LogP contribution in [0.15, 0.2) is 29.6 Å². The van der Waals surface area contributed by atoms with Crippen LogP contribution in [0.2, 0.25) is 0 Å². The van der Waals surface area contributed by atoms with Gasteiger partial charge in [0.25, 0.3) is 0 Å². The number of halogens is 1. The third-order valence-corrected chi connectivity index (χ3v) is 4.89. The van der Waals surface area contributed by atoms with Crippen LogP contribution < -0.4 is 5.32 Å². The second-order valence-electron chi connectivity index (χ2n) is 4.96. The molecule has 0 fully saturated rings. The van der Waals surface area contributed by atoms with Gasteiger partial charge in [-0.1, -0.05) is 25.1 Å². The number of hydrogen-bond donors (Lipinski definition) is 1. The van der Waals surface area contributed by atoms with Crippen LogP contribution in [0.4, 0.5) is 0 Å². The topological polar surface area (TPSA) is 12.0 Å². The van der Waals surface area contributed by atoms with E-state index in [2.05, 4.69) is 48.8 Å². The molecule has 0 saturated carbocycles. The van der Waals surface area contributed by atoms with Gasteiger partial charge in [-0.25, -0.2) is 0 Å². The molecular formula is C15H20ClNS. The van der Waals surface area contributed by atoms with Gasteiger partial charge in [-0.15, -0.1) is 22.9 Å². The van der Waals surface area contributed by atoms with Crippen LogP contribution in [-0.2, 0) is 6.54 Å². The zero-order valence-electron chi connectivity index (χ0n) is 11.0. The second-order valence-corrected chi connectivity index (χ2v) is 6.25. The van der Waals surface area contributed by atoms with E-state index in [4.69, 9.17) is 11.6 Å². The van der Waals surface area contributed by atoms with E-state index < -0.39 is 0 Å². The summed E-state index contributed by atoms with van der Waals surface area (Å²) in [5.74, 6) is 0.710. The lowest BCUT2D eigenvalue weighted by Crippen LogP contribution is -2.41. The molecule has 0 bridgehead atoms. The fourth-order valence-corrected chi connectivity index (χ4v) is 3.46. The van der Waals surface area contributed by atoms with Gasteiger partial charge < -0.3 is 5.32 Å². The van der Waals surface area contributed by atoms with Crippen LogP contribution in [0.25, 0.3) is 10.1 Å². The molecule has 1 aromatic carbocycles. The maximum atomic E-state index is 5.88. The van der Waals surface area contributed by atoms with Gasteiger partial charge in [0.15, 0.2) is 0 Å². The second kappa shape index (κ2) is 6.05. The van der Waals surface area contributed by atoms with Crippen molar-refractivity contribution in [3.8, 4) is 0 Å². The van der Waals surface area contributed by atoms with Gasteiger partial charge in [0.05, 0.1) is 0 Å². The normalized spacial score (nSPS) is 14.8. The molecule has 0 spiro atoms. The fraction of sp³-hybridized carbons (Fsp3) is 0.467. The summed E-state index contributed by atoms with van der Waals surface area (Å²) in [7, 11) is 0. The van der Waals surface area contributed by atoms with E-state index in [1.807, 2.05) is 11.3 Å². The summed E-state index contributed by atoms with van der Waals surface area (Å²) in [6, 6.07) is 8.59. The highest BCUT2D eigenvalue weighted by Crippen LogP contribution is 2.26. The Morgan fingerprint density at radius 2 is 2.11 bits per heavy atom. The number of benzene rings is 1. The van der Waals surface area contributed by atoms with E-state index in [-0.39, 0.29) is 5.54 Å². The molecule has 0 aliphatic carbocycles. The van der Waals surface area contributed by atoms with E-state index in [9.17, 15) is 0 Å². The molecule has 1 nitrogen and oxygen atoms in total. The summed E-state index contributed by atoms with van der Waals surface area (Å²) in [4.78, 5) is 0. The molecular weight excluding hydrogens is 262 g/mol. The lowest BCUT2D eigenvalue weighted by atomic mass is 9.95. The molecule has 2 rings (SSSR count). The molecule has 0 aliphatic heterocycles. The molecule has 3 heteroatoms. The summed E-state index contributed by atoms with van der Waals surface area (Å²) in [6.07, 6.45) is 2.11. The summed E-state index contributed by atoms with van der Waals surface area (Å²) in [5, 5.41) is 7.30. The molecule has 1 aromatic heterocycles. The minimum Gasteiger partial charge on any atom is -0.307 e. The predicted molar refractivity (Wildman–Crippen MR) is 82.7 cm³/mol. The van der Waals surface area contributed by atoms with E-state index in [0.29, 0.717) is 5.88 Å². The predicted octanol–water partition coefficient (Wildman–Crippen LogP) is 4.79. The number of alkyl halides is 1. The number of thiophene rings is 1. The Kier molecular flexibility index (Phi) is 4.66. The Bertz CT molecular complexity index is 508. The van der Waals surface area contributed by atoms with E-state index in [1.54, 1.807) is 0 Å². The Morgan fingerprint density at radius 3 is 2.83 bits per heavy atom. The van der Waals surface area contributed by atoms with Crippen LogP contribution in [-0.4, -0.2) is 11.4 Å². The average Bonchev–Trinajstić information content (AvgIpc) is 2.80. The number of nitrogens with one attached hydrogen (secondary N) is 1. The third-order valence-electron chi connectivity index (χ3n) is 3.69. The highest BCUT2D eigenvalue weighted by atomic mass is 35.5. The summed E-state index contributed by atoms with van der Waals surface area (Å²) in [5.41, 5.74) is 1.54. The Morgan fingerprint density at radius 1 is 1.33 bits per heavy atom.